The van der Waals surface area contributed by atoms with Crippen LogP contribution < -0.4 is 0 Å². The normalized spacial score (nSPS) is 38.5. The van der Waals surface area contributed by atoms with Crippen molar-refractivity contribution in [3.63, 3.8) is 0 Å². The Labute approximate surface area is 77.1 Å². The first kappa shape index (κ1) is 9.15. The van der Waals surface area contributed by atoms with Gasteiger partial charge in [-0.3, -0.25) is 9.35 Å². The summed E-state index contributed by atoms with van der Waals surface area (Å²) < 4.78 is 30.2. The van der Waals surface area contributed by atoms with Gasteiger partial charge in [0.2, 0.25) is 0 Å². The zero-order valence-corrected chi connectivity index (χ0v) is 8.01. The highest BCUT2D eigenvalue weighted by Crippen LogP contribution is 2.52. The van der Waals surface area contributed by atoms with Gasteiger partial charge in [0, 0.05) is 11.8 Å². The maximum absolute atomic E-state index is 11.5. The van der Waals surface area contributed by atoms with Crippen molar-refractivity contribution in [2.45, 2.75) is 25.7 Å². The van der Waals surface area contributed by atoms with Crippen LogP contribution in [-0.4, -0.2) is 24.5 Å². The molecule has 4 nitrogen and oxygen atoms in total. The van der Waals surface area contributed by atoms with Crippen molar-refractivity contribution in [2.24, 2.45) is 11.3 Å². The van der Waals surface area contributed by atoms with Gasteiger partial charge < -0.3 is 0 Å². The average molecular weight is 204 g/mol. The highest BCUT2D eigenvalue weighted by Gasteiger charge is 2.53. The third-order valence-electron chi connectivity index (χ3n) is 3.23. The first-order chi connectivity index (χ1) is 5.91. The van der Waals surface area contributed by atoms with Gasteiger partial charge in [-0.2, -0.15) is 8.42 Å². The fourth-order valence-corrected chi connectivity index (χ4v) is 3.83. The average Bonchev–Trinajstić information content (AvgIpc) is 2.39. The lowest BCUT2D eigenvalue weighted by Gasteiger charge is -2.22. The Morgan fingerprint density at radius 1 is 1.54 bits per heavy atom. The van der Waals surface area contributed by atoms with E-state index in [4.69, 9.17) is 4.55 Å². The predicted octanol–water partition coefficient (Wildman–Crippen LogP) is 0.633. The van der Waals surface area contributed by atoms with E-state index in [1.807, 2.05) is 0 Å². The van der Waals surface area contributed by atoms with E-state index in [1.165, 1.54) is 0 Å². The lowest BCUT2D eigenvalue weighted by molar-refractivity contribution is -0.125. The quantitative estimate of drug-likeness (QED) is 0.670. The molecule has 13 heavy (non-hydrogen) atoms. The fraction of sp³-hybridized carbons (Fsp3) is 0.875. The number of rotatable bonds is 2. The van der Waals surface area contributed by atoms with Gasteiger partial charge in [-0.05, 0) is 25.2 Å². The lowest BCUT2D eigenvalue weighted by atomic mass is 9.85. The predicted molar refractivity (Wildman–Crippen MR) is 45.8 cm³/mol. The number of hydrogen-bond donors (Lipinski definition) is 1. The molecule has 2 atom stereocenters. The molecular weight excluding hydrogens is 192 g/mol. The van der Waals surface area contributed by atoms with Gasteiger partial charge in [0.05, 0.1) is 5.75 Å². The summed E-state index contributed by atoms with van der Waals surface area (Å²) in [4.78, 5) is 11.5. The second kappa shape index (κ2) is 2.54. The van der Waals surface area contributed by atoms with Crippen LogP contribution in [0.2, 0.25) is 0 Å². The summed E-state index contributed by atoms with van der Waals surface area (Å²) in [5, 5.41) is 0. The molecule has 0 unspecified atom stereocenters. The summed E-state index contributed by atoms with van der Waals surface area (Å²) in [6, 6.07) is 0. The Hall–Kier alpha value is -0.420. The van der Waals surface area contributed by atoms with E-state index in [0.717, 1.165) is 6.42 Å². The number of carbonyl (C=O) groups is 1. The standard InChI is InChI=1S/C8H12O4S/c9-7-3-6-1-2-8(7,4-6)5-13(10,11)12/h6H,1-5H2,(H,10,11,12)/t6-,8-/m0/s1. The van der Waals surface area contributed by atoms with Gasteiger partial charge in [0.15, 0.2) is 0 Å². The van der Waals surface area contributed by atoms with Crippen LogP contribution in [-0.2, 0) is 14.9 Å². The van der Waals surface area contributed by atoms with Crippen molar-refractivity contribution in [3.05, 3.63) is 0 Å². The summed E-state index contributed by atoms with van der Waals surface area (Å²) in [6.45, 7) is 0. The van der Waals surface area contributed by atoms with Gasteiger partial charge in [0.25, 0.3) is 10.1 Å². The molecule has 2 saturated carbocycles. The molecule has 0 radical (unpaired) electrons. The van der Waals surface area contributed by atoms with E-state index in [2.05, 4.69) is 0 Å². The van der Waals surface area contributed by atoms with Crippen molar-refractivity contribution < 1.29 is 17.8 Å². The van der Waals surface area contributed by atoms with E-state index in [-0.39, 0.29) is 11.5 Å². The molecule has 0 aliphatic heterocycles. The maximum atomic E-state index is 11.5. The van der Waals surface area contributed by atoms with E-state index in [9.17, 15) is 13.2 Å². The van der Waals surface area contributed by atoms with Crippen LogP contribution in [0.3, 0.4) is 0 Å². The third-order valence-corrected chi connectivity index (χ3v) is 4.15. The molecule has 1 N–H and O–H groups in total. The number of carbonyl (C=O) groups excluding carboxylic acids is 1. The van der Waals surface area contributed by atoms with Crippen LogP contribution in [0.5, 0.6) is 0 Å². The lowest BCUT2D eigenvalue weighted by Crippen LogP contribution is -2.33. The number of ketones is 1. The van der Waals surface area contributed by atoms with E-state index >= 15 is 0 Å². The molecule has 5 heteroatoms. The molecule has 74 valence electrons. The second-order valence-electron chi connectivity index (χ2n) is 4.24. The molecule has 0 spiro atoms. The second-order valence-corrected chi connectivity index (χ2v) is 5.70. The largest absolute Gasteiger partial charge is 0.299 e. The van der Waals surface area contributed by atoms with Crippen molar-refractivity contribution in [2.75, 3.05) is 5.75 Å². The zero-order valence-electron chi connectivity index (χ0n) is 7.19. The Bertz CT molecular complexity index is 345. The number of hydrogen-bond acceptors (Lipinski definition) is 3. The minimum Gasteiger partial charge on any atom is -0.299 e. The SMILES string of the molecule is O=C1C[C@@H]2CC[C@@]1(CS(=O)(=O)O)C2. The van der Waals surface area contributed by atoms with Crippen LogP contribution in [0.1, 0.15) is 25.7 Å². The molecular formula is C8H12O4S. The van der Waals surface area contributed by atoms with Gasteiger partial charge in [0.1, 0.15) is 5.78 Å². The number of Topliss-reactive ketones (excluding diaryl/α,β-unsaturated/α-hetero) is 1. The zero-order chi connectivity index (χ0) is 9.69. The first-order valence-corrected chi connectivity index (χ1v) is 6.01. The minimum atomic E-state index is -4.01. The van der Waals surface area contributed by atoms with Crippen LogP contribution in [0, 0.1) is 11.3 Å². The molecule has 2 bridgehead atoms. The Morgan fingerprint density at radius 2 is 2.23 bits per heavy atom. The van der Waals surface area contributed by atoms with E-state index in [0.29, 0.717) is 25.2 Å². The smallest absolute Gasteiger partial charge is 0.265 e. The van der Waals surface area contributed by atoms with Crippen LogP contribution >= 0.6 is 0 Å². The summed E-state index contributed by atoms with van der Waals surface area (Å²) in [6.07, 6.45) is 2.73. The van der Waals surface area contributed by atoms with Gasteiger partial charge in [-0.25, -0.2) is 0 Å². The third kappa shape index (κ3) is 1.50. The van der Waals surface area contributed by atoms with Crippen LogP contribution in [0.25, 0.3) is 0 Å². The molecule has 2 aliphatic rings. The van der Waals surface area contributed by atoms with Crippen LogP contribution in [0.4, 0.5) is 0 Å². The minimum absolute atomic E-state index is 0.0291. The Balaban J connectivity index is 2.25. The van der Waals surface area contributed by atoms with Crippen molar-refractivity contribution >= 4 is 15.9 Å². The fourth-order valence-electron chi connectivity index (χ4n) is 2.70. The molecule has 0 aromatic rings. The van der Waals surface area contributed by atoms with E-state index < -0.39 is 15.5 Å². The molecule has 0 saturated heterocycles. The van der Waals surface area contributed by atoms with Crippen molar-refractivity contribution in [3.8, 4) is 0 Å². The Kier molecular flexibility index (Phi) is 1.79. The Morgan fingerprint density at radius 3 is 2.62 bits per heavy atom. The molecule has 0 aromatic heterocycles. The maximum Gasteiger partial charge on any atom is 0.265 e. The molecule has 0 aromatic carbocycles. The summed E-state index contributed by atoms with van der Waals surface area (Å²) in [5.74, 6) is 0.0330. The van der Waals surface area contributed by atoms with Gasteiger partial charge in [-0.1, -0.05) is 0 Å². The molecule has 2 fully saturated rings. The van der Waals surface area contributed by atoms with E-state index in [1.54, 1.807) is 0 Å². The van der Waals surface area contributed by atoms with Crippen molar-refractivity contribution in [1.82, 2.24) is 0 Å². The summed E-state index contributed by atoms with van der Waals surface area (Å²) >= 11 is 0. The molecule has 2 aliphatic carbocycles. The molecule has 2 rings (SSSR count). The van der Waals surface area contributed by atoms with Gasteiger partial charge >= 0.3 is 0 Å². The highest BCUT2D eigenvalue weighted by atomic mass is 32.2. The van der Waals surface area contributed by atoms with Crippen molar-refractivity contribution in [1.29, 1.82) is 0 Å². The first-order valence-electron chi connectivity index (χ1n) is 4.40. The summed E-state index contributed by atoms with van der Waals surface area (Å²) in [7, 11) is -4.01. The monoisotopic (exact) mass is 204 g/mol. The van der Waals surface area contributed by atoms with Gasteiger partial charge in [-0.15, -0.1) is 0 Å². The number of fused-ring (bicyclic) bond motifs is 2. The molecule has 0 heterocycles. The topological polar surface area (TPSA) is 71.4 Å². The molecule has 0 amide bonds. The summed E-state index contributed by atoms with van der Waals surface area (Å²) in [5.41, 5.74) is -0.724. The highest BCUT2D eigenvalue weighted by molar-refractivity contribution is 7.85. The van der Waals surface area contributed by atoms with Crippen LogP contribution in [0.15, 0.2) is 0 Å².